The van der Waals surface area contributed by atoms with E-state index < -0.39 is 0 Å². The fourth-order valence-corrected chi connectivity index (χ4v) is 2.09. The molecule has 2 rings (SSSR count). The van der Waals surface area contributed by atoms with Gasteiger partial charge in [-0.25, -0.2) is 0 Å². The molecule has 0 amide bonds. The third-order valence-electron chi connectivity index (χ3n) is 2.95. The largest absolute Gasteiger partial charge is 0.456 e. The molecule has 0 aromatic heterocycles. The molecule has 0 heterocycles. The van der Waals surface area contributed by atoms with Crippen molar-refractivity contribution in [1.29, 1.82) is 0 Å². The first-order chi connectivity index (χ1) is 9.54. The second kappa shape index (κ2) is 6.78. The van der Waals surface area contributed by atoms with Crippen molar-refractivity contribution in [2.45, 2.75) is 33.4 Å². The SMILES string of the molecule is Cc1ccc(Oc2ccc(CNC(C)C)cc2)c(Cl)c1. The van der Waals surface area contributed by atoms with E-state index >= 15 is 0 Å². The van der Waals surface area contributed by atoms with Crippen LogP contribution < -0.4 is 10.1 Å². The van der Waals surface area contributed by atoms with E-state index in [0.717, 1.165) is 17.9 Å². The van der Waals surface area contributed by atoms with Crippen molar-refractivity contribution >= 4 is 11.6 Å². The first-order valence-corrected chi connectivity index (χ1v) is 7.19. The Labute approximate surface area is 125 Å². The molecule has 0 atom stereocenters. The molecule has 2 aromatic carbocycles. The zero-order valence-electron chi connectivity index (χ0n) is 12.1. The lowest BCUT2D eigenvalue weighted by Crippen LogP contribution is -2.21. The van der Waals surface area contributed by atoms with Gasteiger partial charge in [0.05, 0.1) is 5.02 Å². The average molecular weight is 290 g/mol. The lowest BCUT2D eigenvalue weighted by atomic mass is 10.2. The predicted octanol–water partition coefficient (Wildman–Crippen LogP) is 4.94. The third-order valence-corrected chi connectivity index (χ3v) is 3.25. The first kappa shape index (κ1) is 14.9. The number of halogens is 1. The van der Waals surface area contributed by atoms with Crippen molar-refractivity contribution in [2.24, 2.45) is 0 Å². The Balaban J connectivity index is 2.03. The van der Waals surface area contributed by atoms with Crippen molar-refractivity contribution in [3.8, 4) is 11.5 Å². The van der Waals surface area contributed by atoms with Crippen LogP contribution in [0.2, 0.25) is 5.02 Å². The van der Waals surface area contributed by atoms with Crippen molar-refractivity contribution < 1.29 is 4.74 Å². The van der Waals surface area contributed by atoms with Crippen molar-refractivity contribution in [2.75, 3.05) is 0 Å². The van der Waals surface area contributed by atoms with Gasteiger partial charge in [-0.05, 0) is 42.3 Å². The summed E-state index contributed by atoms with van der Waals surface area (Å²) in [4.78, 5) is 0. The van der Waals surface area contributed by atoms with E-state index in [0.29, 0.717) is 16.8 Å². The molecule has 0 saturated carbocycles. The van der Waals surface area contributed by atoms with E-state index in [2.05, 4.69) is 31.3 Å². The van der Waals surface area contributed by atoms with Crippen LogP contribution in [0.25, 0.3) is 0 Å². The van der Waals surface area contributed by atoms with Crippen LogP contribution in [0.15, 0.2) is 42.5 Å². The summed E-state index contributed by atoms with van der Waals surface area (Å²) in [7, 11) is 0. The molecule has 1 N–H and O–H groups in total. The number of nitrogens with one attached hydrogen (secondary N) is 1. The van der Waals surface area contributed by atoms with E-state index in [-0.39, 0.29) is 0 Å². The molecule has 20 heavy (non-hydrogen) atoms. The minimum Gasteiger partial charge on any atom is -0.456 e. The van der Waals surface area contributed by atoms with Crippen molar-refractivity contribution in [1.82, 2.24) is 5.32 Å². The fourth-order valence-electron chi connectivity index (χ4n) is 1.81. The molecule has 0 spiro atoms. The maximum Gasteiger partial charge on any atom is 0.146 e. The van der Waals surface area contributed by atoms with Crippen LogP contribution in [0.5, 0.6) is 11.5 Å². The molecule has 0 fully saturated rings. The Bertz CT molecular complexity index is 564. The van der Waals surface area contributed by atoms with Gasteiger partial charge in [0.25, 0.3) is 0 Å². The molecule has 0 aliphatic rings. The molecule has 3 heteroatoms. The second-order valence-corrected chi connectivity index (χ2v) is 5.62. The summed E-state index contributed by atoms with van der Waals surface area (Å²) >= 11 is 6.16. The third kappa shape index (κ3) is 4.26. The Morgan fingerprint density at radius 2 is 1.80 bits per heavy atom. The topological polar surface area (TPSA) is 21.3 Å². The molecular formula is C17H20ClNO. The Kier molecular flexibility index (Phi) is 5.05. The molecular weight excluding hydrogens is 270 g/mol. The van der Waals surface area contributed by atoms with Crippen molar-refractivity contribution in [3.63, 3.8) is 0 Å². The predicted molar refractivity (Wildman–Crippen MR) is 84.7 cm³/mol. The van der Waals surface area contributed by atoms with Gasteiger partial charge in [0.15, 0.2) is 0 Å². The first-order valence-electron chi connectivity index (χ1n) is 6.81. The van der Waals surface area contributed by atoms with Crippen LogP contribution in [0.4, 0.5) is 0 Å². The Hall–Kier alpha value is -1.51. The van der Waals surface area contributed by atoms with Gasteiger partial charge in [0, 0.05) is 12.6 Å². The summed E-state index contributed by atoms with van der Waals surface area (Å²) in [6, 6.07) is 14.3. The van der Waals surface area contributed by atoms with Gasteiger partial charge in [0.2, 0.25) is 0 Å². The van der Waals surface area contributed by atoms with E-state index in [1.165, 1.54) is 5.56 Å². The van der Waals surface area contributed by atoms with Crippen LogP contribution in [-0.4, -0.2) is 6.04 Å². The van der Waals surface area contributed by atoms with Gasteiger partial charge < -0.3 is 10.1 Å². The number of aryl methyl sites for hydroxylation is 1. The quantitative estimate of drug-likeness (QED) is 0.842. The van der Waals surface area contributed by atoms with E-state index in [4.69, 9.17) is 16.3 Å². The zero-order chi connectivity index (χ0) is 14.5. The highest BCUT2D eigenvalue weighted by Gasteiger charge is 2.03. The van der Waals surface area contributed by atoms with E-state index in [1.54, 1.807) is 0 Å². The van der Waals surface area contributed by atoms with Crippen LogP contribution in [-0.2, 0) is 6.54 Å². The van der Waals surface area contributed by atoms with Crippen LogP contribution in [0.3, 0.4) is 0 Å². The number of ether oxygens (including phenoxy) is 1. The number of hydrogen-bond donors (Lipinski definition) is 1. The van der Waals surface area contributed by atoms with Gasteiger partial charge in [0.1, 0.15) is 11.5 Å². The lowest BCUT2D eigenvalue weighted by Gasteiger charge is -2.10. The molecule has 0 bridgehead atoms. The van der Waals surface area contributed by atoms with Crippen LogP contribution in [0, 0.1) is 6.92 Å². The molecule has 0 aliphatic heterocycles. The minimum atomic E-state index is 0.484. The average Bonchev–Trinajstić information content (AvgIpc) is 2.41. The normalized spacial score (nSPS) is 10.8. The van der Waals surface area contributed by atoms with Crippen molar-refractivity contribution in [3.05, 3.63) is 58.6 Å². The highest BCUT2D eigenvalue weighted by atomic mass is 35.5. The van der Waals surface area contributed by atoms with Gasteiger partial charge in [-0.1, -0.05) is 43.6 Å². The smallest absolute Gasteiger partial charge is 0.146 e. The molecule has 0 saturated heterocycles. The highest BCUT2D eigenvalue weighted by molar-refractivity contribution is 6.32. The summed E-state index contributed by atoms with van der Waals surface area (Å²) in [5, 5.41) is 4.02. The molecule has 0 unspecified atom stereocenters. The van der Waals surface area contributed by atoms with Gasteiger partial charge >= 0.3 is 0 Å². The van der Waals surface area contributed by atoms with E-state index in [1.807, 2.05) is 37.3 Å². The van der Waals surface area contributed by atoms with Gasteiger partial charge in [-0.2, -0.15) is 0 Å². The highest BCUT2D eigenvalue weighted by Crippen LogP contribution is 2.30. The summed E-state index contributed by atoms with van der Waals surface area (Å²) < 4.78 is 5.79. The standard InChI is InChI=1S/C17H20ClNO/c1-12(2)19-11-14-5-7-15(8-6-14)20-17-9-4-13(3)10-16(17)18/h4-10,12,19H,11H2,1-3H3. The molecule has 2 nitrogen and oxygen atoms in total. The van der Waals surface area contributed by atoms with E-state index in [9.17, 15) is 0 Å². The molecule has 2 aromatic rings. The Morgan fingerprint density at radius 3 is 2.40 bits per heavy atom. The summed E-state index contributed by atoms with van der Waals surface area (Å²) in [5.41, 5.74) is 2.36. The van der Waals surface area contributed by atoms with Gasteiger partial charge in [-0.3, -0.25) is 0 Å². The number of rotatable bonds is 5. The minimum absolute atomic E-state index is 0.484. The monoisotopic (exact) mass is 289 g/mol. The maximum atomic E-state index is 6.16. The summed E-state index contributed by atoms with van der Waals surface area (Å²) in [6.07, 6.45) is 0. The Morgan fingerprint density at radius 1 is 1.10 bits per heavy atom. The number of benzene rings is 2. The van der Waals surface area contributed by atoms with Crippen LogP contribution in [0.1, 0.15) is 25.0 Å². The molecule has 0 radical (unpaired) electrons. The van der Waals surface area contributed by atoms with Crippen LogP contribution >= 0.6 is 11.6 Å². The lowest BCUT2D eigenvalue weighted by molar-refractivity contribution is 0.482. The second-order valence-electron chi connectivity index (χ2n) is 5.22. The van der Waals surface area contributed by atoms with Gasteiger partial charge in [-0.15, -0.1) is 0 Å². The summed E-state index contributed by atoms with van der Waals surface area (Å²) in [6.45, 7) is 7.14. The fraction of sp³-hybridized carbons (Fsp3) is 0.294. The zero-order valence-corrected chi connectivity index (χ0v) is 12.9. The molecule has 106 valence electrons. The molecule has 0 aliphatic carbocycles. The maximum absolute atomic E-state index is 6.16. The number of hydrogen-bond acceptors (Lipinski definition) is 2. The summed E-state index contributed by atoms with van der Waals surface area (Å²) in [5.74, 6) is 1.48.